The quantitative estimate of drug-likeness (QED) is 0.112. The van der Waals surface area contributed by atoms with E-state index in [1.54, 1.807) is 0 Å². The van der Waals surface area contributed by atoms with Gasteiger partial charge in [-0.25, -0.2) is 9.59 Å². The fraction of sp³-hybridized carbons (Fsp3) is 0.250. The van der Waals surface area contributed by atoms with Crippen molar-refractivity contribution in [3.05, 3.63) is 105 Å². The second-order valence-electron chi connectivity index (χ2n) is 10.3. The number of nitrogens with zero attached hydrogens (tertiary/aromatic N) is 2. The van der Waals surface area contributed by atoms with Crippen molar-refractivity contribution in [3.8, 4) is 11.1 Å². The lowest BCUT2D eigenvalue weighted by Gasteiger charge is -2.17. The van der Waals surface area contributed by atoms with E-state index in [4.69, 9.17) is 4.74 Å². The first-order chi connectivity index (χ1) is 20.7. The van der Waals surface area contributed by atoms with Crippen molar-refractivity contribution in [2.45, 2.75) is 38.1 Å². The molecule has 0 heterocycles. The number of hydrogen-bond acceptors (Lipinski definition) is 8. The number of fused-ring (bicyclic) bond motifs is 4. The number of carbonyl (C=O) groups excluding carboxylic acids is 2. The number of aliphatic carboxylic acids is 1. The van der Waals surface area contributed by atoms with Gasteiger partial charge in [0, 0.05) is 29.8 Å². The number of carbonyl (C=O) groups is 3. The Hall–Kier alpha value is -5.32. The summed E-state index contributed by atoms with van der Waals surface area (Å²) in [6.07, 6.45) is 0.127. The van der Waals surface area contributed by atoms with Crippen molar-refractivity contribution in [2.24, 2.45) is 4.99 Å². The van der Waals surface area contributed by atoms with E-state index >= 15 is 0 Å². The van der Waals surface area contributed by atoms with E-state index in [9.17, 15) is 34.7 Å². The predicted molar refractivity (Wildman–Crippen MR) is 158 cm³/mol. The van der Waals surface area contributed by atoms with E-state index in [1.807, 2.05) is 48.5 Å². The summed E-state index contributed by atoms with van der Waals surface area (Å²) in [5, 5.41) is 34.0. The molecule has 0 spiro atoms. The zero-order chi connectivity index (χ0) is 30.7. The number of ether oxygens (including phenoxy) is 1. The maximum Gasteiger partial charge on any atom is 0.407 e. The molecule has 3 aromatic carbocycles. The number of nitrogens with one attached hydrogen (secondary N) is 1. The van der Waals surface area contributed by atoms with Crippen LogP contribution in [0.2, 0.25) is 0 Å². The molecular formula is C32H29N3O8. The Kier molecular flexibility index (Phi) is 8.33. The number of nitro benzene ring substituents is 1. The molecule has 3 aromatic rings. The molecule has 0 aromatic heterocycles. The Labute approximate surface area is 246 Å². The van der Waals surface area contributed by atoms with Crippen LogP contribution in [0.5, 0.6) is 0 Å². The number of allylic oxidation sites excluding steroid dienone is 1. The molecule has 0 unspecified atom stereocenters. The van der Waals surface area contributed by atoms with Gasteiger partial charge < -0.3 is 20.3 Å². The van der Waals surface area contributed by atoms with Gasteiger partial charge in [-0.1, -0.05) is 54.6 Å². The third-order valence-electron chi connectivity index (χ3n) is 7.73. The van der Waals surface area contributed by atoms with Crippen LogP contribution in [0.4, 0.5) is 10.5 Å². The van der Waals surface area contributed by atoms with Gasteiger partial charge in [0.15, 0.2) is 0 Å². The molecule has 0 fully saturated rings. The van der Waals surface area contributed by atoms with Gasteiger partial charge in [0.1, 0.15) is 24.0 Å². The van der Waals surface area contributed by atoms with E-state index in [-0.39, 0.29) is 59.3 Å². The number of carboxylic acid groups (broad SMARTS) is 1. The molecule has 2 aliphatic carbocycles. The first kappa shape index (κ1) is 29.2. The lowest BCUT2D eigenvalue weighted by Crippen LogP contribution is -2.41. The zero-order valence-electron chi connectivity index (χ0n) is 23.3. The summed E-state index contributed by atoms with van der Waals surface area (Å²) in [5.41, 5.74) is 3.93. The van der Waals surface area contributed by atoms with Gasteiger partial charge in [-0.3, -0.25) is 19.9 Å². The molecule has 5 rings (SSSR count). The molecule has 0 saturated heterocycles. The number of unbranched alkanes of at least 4 members (excludes halogenated alkanes) is 1. The molecule has 2 aliphatic rings. The third kappa shape index (κ3) is 5.74. The first-order valence-electron chi connectivity index (χ1n) is 13.8. The van der Waals surface area contributed by atoms with Crippen LogP contribution in [0.1, 0.15) is 59.2 Å². The summed E-state index contributed by atoms with van der Waals surface area (Å²) >= 11 is 0. The van der Waals surface area contributed by atoms with Gasteiger partial charge >= 0.3 is 12.1 Å². The van der Waals surface area contributed by atoms with Crippen molar-refractivity contribution >= 4 is 35.0 Å². The maximum atomic E-state index is 12.9. The third-order valence-corrected chi connectivity index (χ3v) is 7.73. The smallest absolute Gasteiger partial charge is 0.407 e. The summed E-state index contributed by atoms with van der Waals surface area (Å²) in [4.78, 5) is 52.2. The van der Waals surface area contributed by atoms with Gasteiger partial charge in [-0.2, -0.15) is 0 Å². The Bertz CT molecular complexity index is 1650. The summed E-state index contributed by atoms with van der Waals surface area (Å²) in [6.45, 7) is 1.81. The molecule has 0 aliphatic heterocycles. The van der Waals surface area contributed by atoms with Crippen LogP contribution < -0.4 is 5.32 Å². The highest BCUT2D eigenvalue weighted by Crippen LogP contribution is 2.44. The van der Waals surface area contributed by atoms with Crippen molar-refractivity contribution in [1.29, 1.82) is 0 Å². The molecule has 0 radical (unpaired) electrons. The normalized spacial score (nSPS) is 14.6. The van der Waals surface area contributed by atoms with E-state index in [1.165, 1.54) is 25.1 Å². The number of ketones is 1. The minimum absolute atomic E-state index is 0.0641. The maximum absolute atomic E-state index is 12.9. The number of Topliss-reactive ketones (excluding diaryl/α,β-unsaturated/α-hetero) is 1. The van der Waals surface area contributed by atoms with Gasteiger partial charge in [0.05, 0.1) is 10.5 Å². The number of aliphatic hydroxyl groups excluding tert-OH is 1. The minimum Gasteiger partial charge on any atom is -0.506 e. The monoisotopic (exact) mass is 583 g/mol. The number of hydrogen-bond donors (Lipinski definition) is 3. The van der Waals surface area contributed by atoms with Crippen LogP contribution in [0.15, 0.2) is 77.3 Å². The molecular weight excluding hydrogens is 554 g/mol. The highest BCUT2D eigenvalue weighted by Gasteiger charge is 2.37. The van der Waals surface area contributed by atoms with Gasteiger partial charge in [0.2, 0.25) is 5.78 Å². The molecule has 11 nitrogen and oxygen atoms in total. The molecule has 0 bridgehead atoms. The summed E-state index contributed by atoms with van der Waals surface area (Å²) in [6, 6.07) is 18.7. The summed E-state index contributed by atoms with van der Waals surface area (Å²) < 4.78 is 5.47. The molecule has 43 heavy (non-hydrogen) atoms. The second-order valence-corrected chi connectivity index (χ2v) is 10.3. The van der Waals surface area contributed by atoms with Crippen LogP contribution in [-0.4, -0.2) is 57.9 Å². The summed E-state index contributed by atoms with van der Waals surface area (Å²) in [5.74, 6) is -2.37. The van der Waals surface area contributed by atoms with Crippen molar-refractivity contribution in [1.82, 2.24) is 5.32 Å². The van der Waals surface area contributed by atoms with Crippen molar-refractivity contribution in [3.63, 3.8) is 0 Å². The SMILES string of the molecule is CC(=NCCCC[C@H](NC(=O)OCC1c2ccccc2-c2ccccc21)C(=O)O)C1=C(O)c2cccc([N+](=O)[O-])c2C1=O. The van der Waals surface area contributed by atoms with Crippen LogP contribution >= 0.6 is 0 Å². The lowest BCUT2D eigenvalue weighted by molar-refractivity contribution is -0.385. The standard InChI is InChI=1S/C32H29N3O8/c1-18(27-29(36)23-13-8-15-26(35(41)42)28(23)30(27)37)33-16-7-6-14-25(31(38)39)34-32(40)43-17-24-21-11-4-2-9-19(21)20-10-3-5-12-22(20)24/h2-5,8-13,15,24-25,36H,6-7,14,16-17H2,1H3,(H,34,40)(H,38,39)/t25-/m0/s1. The predicted octanol–water partition coefficient (Wildman–Crippen LogP) is 5.68. The molecule has 11 heteroatoms. The van der Waals surface area contributed by atoms with E-state index in [2.05, 4.69) is 10.3 Å². The van der Waals surface area contributed by atoms with Gasteiger partial charge in [-0.05, 0) is 54.5 Å². The average molecular weight is 584 g/mol. The molecule has 0 saturated carbocycles. The largest absolute Gasteiger partial charge is 0.506 e. The van der Waals surface area contributed by atoms with Crippen molar-refractivity contribution < 1.29 is 34.3 Å². The van der Waals surface area contributed by atoms with Crippen LogP contribution in [0, 0.1) is 10.1 Å². The zero-order valence-corrected chi connectivity index (χ0v) is 23.3. The Morgan fingerprint density at radius 2 is 1.63 bits per heavy atom. The lowest BCUT2D eigenvalue weighted by atomic mass is 9.98. The number of rotatable bonds is 11. The minimum atomic E-state index is -1.20. The van der Waals surface area contributed by atoms with Gasteiger partial charge in [-0.15, -0.1) is 0 Å². The molecule has 220 valence electrons. The van der Waals surface area contributed by atoms with Crippen LogP contribution in [0.3, 0.4) is 0 Å². The Morgan fingerprint density at radius 1 is 1.00 bits per heavy atom. The van der Waals surface area contributed by atoms with E-state index in [0.717, 1.165) is 22.3 Å². The molecule has 3 N–H and O–H groups in total. The molecule has 1 atom stereocenters. The fourth-order valence-electron chi connectivity index (χ4n) is 5.66. The molecule has 1 amide bonds. The first-order valence-corrected chi connectivity index (χ1v) is 13.8. The van der Waals surface area contributed by atoms with E-state index in [0.29, 0.717) is 12.8 Å². The van der Waals surface area contributed by atoms with Crippen LogP contribution in [-0.2, 0) is 9.53 Å². The highest BCUT2D eigenvalue weighted by molar-refractivity contribution is 6.36. The van der Waals surface area contributed by atoms with E-state index < -0.39 is 28.8 Å². The topological polar surface area (TPSA) is 168 Å². The highest BCUT2D eigenvalue weighted by atomic mass is 16.6. The number of aliphatic imine (C=N–C) groups is 1. The van der Waals surface area contributed by atoms with Crippen LogP contribution in [0.25, 0.3) is 16.9 Å². The Morgan fingerprint density at radius 3 is 2.26 bits per heavy atom. The number of aliphatic hydroxyl groups is 1. The average Bonchev–Trinajstić information content (AvgIpc) is 3.45. The number of amides is 1. The number of nitro groups is 1. The number of carboxylic acids is 1. The number of alkyl carbamates (subject to hydrolysis) is 1. The fourth-order valence-corrected chi connectivity index (χ4v) is 5.66. The van der Waals surface area contributed by atoms with Crippen molar-refractivity contribution in [2.75, 3.05) is 13.2 Å². The summed E-state index contributed by atoms with van der Waals surface area (Å²) in [7, 11) is 0. The van der Waals surface area contributed by atoms with Gasteiger partial charge in [0.25, 0.3) is 5.69 Å². The second kappa shape index (κ2) is 12.3. The Balaban J connectivity index is 1.13. The number of benzene rings is 3.